The Balaban J connectivity index is 1.60. The molecule has 0 fully saturated rings. The van der Waals surface area contributed by atoms with Gasteiger partial charge in [-0.05, 0) is 23.8 Å². The minimum atomic E-state index is -0.124. The van der Waals surface area contributed by atoms with E-state index in [0.29, 0.717) is 17.7 Å². The summed E-state index contributed by atoms with van der Waals surface area (Å²) in [5.41, 5.74) is 5.63. The van der Waals surface area contributed by atoms with Gasteiger partial charge in [0.15, 0.2) is 0 Å². The van der Waals surface area contributed by atoms with Crippen molar-refractivity contribution >= 4 is 39.0 Å². The maximum Gasteiger partial charge on any atom is 0.256 e. The van der Waals surface area contributed by atoms with Gasteiger partial charge in [0, 0.05) is 51.2 Å². The van der Waals surface area contributed by atoms with Crippen LogP contribution in [0.25, 0.3) is 16.7 Å². The van der Waals surface area contributed by atoms with Crippen LogP contribution in [0.4, 0.5) is 5.69 Å². The highest BCUT2D eigenvalue weighted by atomic mass is 79.9. The second-order valence-electron chi connectivity index (χ2n) is 6.90. The fraction of sp³-hybridized carbons (Fsp3) is 0.0909. The van der Waals surface area contributed by atoms with Crippen molar-refractivity contribution in [3.05, 3.63) is 82.1 Å². The molecule has 28 heavy (non-hydrogen) atoms. The van der Waals surface area contributed by atoms with Gasteiger partial charge >= 0.3 is 0 Å². The first-order valence-corrected chi connectivity index (χ1v) is 9.79. The summed E-state index contributed by atoms with van der Waals surface area (Å²) in [5, 5.41) is 5.87. The van der Waals surface area contributed by atoms with Crippen LogP contribution in [0.1, 0.15) is 27.5 Å². The van der Waals surface area contributed by atoms with E-state index in [0.717, 1.165) is 32.5 Å². The molecule has 138 valence electrons. The number of hydrogen-bond acceptors (Lipinski definition) is 2. The number of rotatable bonds is 2. The van der Waals surface area contributed by atoms with E-state index in [-0.39, 0.29) is 17.7 Å². The van der Waals surface area contributed by atoms with Crippen LogP contribution in [0, 0.1) is 0 Å². The van der Waals surface area contributed by atoms with E-state index in [1.54, 1.807) is 0 Å². The molecule has 0 saturated heterocycles. The maximum absolute atomic E-state index is 12.6. The summed E-state index contributed by atoms with van der Waals surface area (Å²) in [6, 6.07) is 15.5. The third-order valence-electron chi connectivity index (χ3n) is 5.21. The largest absolute Gasteiger partial charge is 0.363 e. The zero-order valence-corrected chi connectivity index (χ0v) is 16.3. The molecule has 2 aliphatic rings. The zero-order chi connectivity index (χ0) is 19.3. The molecular formula is C22H16BrN3O2. The van der Waals surface area contributed by atoms with Crippen LogP contribution in [0.5, 0.6) is 0 Å². The Hall–Kier alpha value is -3.12. The minimum absolute atomic E-state index is 0.0937. The normalized spacial score (nSPS) is 19.2. The number of amides is 2. The number of carbonyl (C=O) groups excluding carboxylic acids is 2. The number of hydrogen-bond donors (Lipinski definition) is 3. The quantitative estimate of drug-likeness (QED) is 0.526. The van der Waals surface area contributed by atoms with Crippen molar-refractivity contribution in [2.75, 3.05) is 11.9 Å². The summed E-state index contributed by atoms with van der Waals surface area (Å²) in [7, 11) is 0. The number of anilines is 1. The molecule has 5 rings (SSSR count). The van der Waals surface area contributed by atoms with Gasteiger partial charge in [0.1, 0.15) is 0 Å². The number of aromatic nitrogens is 1. The molecule has 0 saturated carbocycles. The van der Waals surface area contributed by atoms with Crippen molar-refractivity contribution in [1.82, 2.24) is 10.3 Å². The number of fused-ring (bicyclic) bond motifs is 2. The summed E-state index contributed by atoms with van der Waals surface area (Å²) in [4.78, 5) is 28.4. The predicted octanol–water partition coefficient (Wildman–Crippen LogP) is 4.31. The first kappa shape index (κ1) is 17.0. The van der Waals surface area contributed by atoms with E-state index in [2.05, 4.69) is 31.5 Å². The van der Waals surface area contributed by atoms with Crippen molar-refractivity contribution in [2.45, 2.75) is 5.92 Å². The highest BCUT2D eigenvalue weighted by Crippen LogP contribution is 2.38. The Bertz CT molecular complexity index is 1150. The van der Waals surface area contributed by atoms with E-state index in [9.17, 15) is 9.59 Å². The molecule has 1 atom stereocenters. The molecule has 3 aromatic rings. The van der Waals surface area contributed by atoms with Gasteiger partial charge in [0.25, 0.3) is 11.8 Å². The van der Waals surface area contributed by atoms with Gasteiger partial charge in [-0.3, -0.25) is 9.59 Å². The first-order chi connectivity index (χ1) is 13.6. The molecule has 0 radical (unpaired) electrons. The number of aromatic amines is 1. The monoisotopic (exact) mass is 433 g/mol. The SMILES string of the molecule is O=C1Nc2ccc(Br)cc2C1=CC1CNC(=O)c2c(-c3ccccc3)c[nH]c21. The summed E-state index contributed by atoms with van der Waals surface area (Å²) < 4.78 is 0.914. The molecule has 5 nitrogen and oxygen atoms in total. The third-order valence-corrected chi connectivity index (χ3v) is 5.70. The average molecular weight is 434 g/mol. The summed E-state index contributed by atoms with van der Waals surface area (Å²) in [6.45, 7) is 0.445. The van der Waals surface area contributed by atoms with E-state index in [4.69, 9.17) is 0 Å². The Labute approximate surface area is 170 Å². The van der Waals surface area contributed by atoms with Crippen LogP contribution >= 0.6 is 15.9 Å². The Morgan fingerprint density at radius 2 is 1.82 bits per heavy atom. The molecule has 6 heteroatoms. The fourth-order valence-electron chi connectivity index (χ4n) is 3.88. The van der Waals surface area contributed by atoms with E-state index in [1.807, 2.05) is 60.8 Å². The number of H-pyrrole nitrogens is 1. The van der Waals surface area contributed by atoms with Crippen LogP contribution < -0.4 is 10.6 Å². The smallest absolute Gasteiger partial charge is 0.256 e. The van der Waals surface area contributed by atoms with E-state index >= 15 is 0 Å². The molecular weight excluding hydrogens is 418 g/mol. The van der Waals surface area contributed by atoms with Crippen molar-refractivity contribution < 1.29 is 9.59 Å². The minimum Gasteiger partial charge on any atom is -0.363 e. The van der Waals surface area contributed by atoms with Gasteiger partial charge in [-0.15, -0.1) is 0 Å². The van der Waals surface area contributed by atoms with Crippen molar-refractivity contribution in [3.8, 4) is 11.1 Å². The van der Waals surface area contributed by atoms with Gasteiger partial charge in [-0.2, -0.15) is 0 Å². The van der Waals surface area contributed by atoms with Gasteiger partial charge < -0.3 is 15.6 Å². The Kier molecular flexibility index (Phi) is 3.94. The lowest BCUT2D eigenvalue weighted by atomic mass is 9.90. The molecule has 0 bridgehead atoms. The molecule has 2 aromatic carbocycles. The van der Waals surface area contributed by atoms with Crippen LogP contribution in [-0.2, 0) is 4.79 Å². The fourth-order valence-corrected chi connectivity index (χ4v) is 4.25. The van der Waals surface area contributed by atoms with Crippen LogP contribution in [0.15, 0.2) is 65.3 Å². The average Bonchev–Trinajstić information content (AvgIpc) is 3.27. The highest BCUT2D eigenvalue weighted by Gasteiger charge is 2.32. The second-order valence-corrected chi connectivity index (χ2v) is 7.81. The summed E-state index contributed by atoms with van der Waals surface area (Å²) in [5.74, 6) is -0.332. The lowest BCUT2D eigenvalue weighted by Crippen LogP contribution is -2.34. The highest BCUT2D eigenvalue weighted by molar-refractivity contribution is 9.10. The standard InChI is InChI=1S/C22H16BrN3O2/c23-14-6-7-18-15(9-14)16(21(27)26-18)8-13-10-25-22(28)19-17(11-24-20(13)19)12-4-2-1-3-5-12/h1-9,11,13,24H,10H2,(H,25,28)(H,26,27). The first-order valence-electron chi connectivity index (χ1n) is 9.00. The van der Waals surface area contributed by atoms with Crippen molar-refractivity contribution in [2.24, 2.45) is 0 Å². The van der Waals surface area contributed by atoms with Crippen molar-refractivity contribution in [1.29, 1.82) is 0 Å². The van der Waals surface area contributed by atoms with Crippen molar-refractivity contribution in [3.63, 3.8) is 0 Å². The summed E-state index contributed by atoms with van der Waals surface area (Å²) >= 11 is 3.47. The topological polar surface area (TPSA) is 74.0 Å². The van der Waals surface area contributed by atoms with Gasteiger partial charge in [-0.25, -0.2) is 0 Å². The lowest BCUT2D eigenvalue weighted by molar-refractivity contribution is -0.110. The molecule has 2 amide bonds. The third kappa shape index (κ3) is 2.68. The predicted molar refractivity (Wildman–Crippen MR) is 112 cm³/mol. The maximum atomic E-state index is 12.6. The molecule has 0 spiro atoms. The number of nitrogens with one attached hydrogen (secondary N) is 3. The van der Waals surface area contributed by atoms with Gasteiger partial charge in [0.2, 0.25) is 0 Å². The molecule has 1 unspecified atom stereocenters. The van der Waals surface area contributed by atoms with Crippen LogP contribution in [-0.4, -0.2) is 23.3 Å². The molecule has 3 heterocycles. The van der Waals surface area contributed by atoms with Crippen LogP contribution in [0.3, 0.4) is 0 Å². The number of benzene rings is 2. The molecule has 3 N–H and O–H groups in total. The molecule has 2 aliphatic heterocycles. The number of halogens is 1. The summed E-state index contributed by atoms with van der Waals surface area (Å²) in [6.07, 6.45) is 3.81. The van der Waals surface area contributed by atoms with E-state index in [1.165, 1.54) is 0 Å². The Morgan fingerprint density at radius 3 is 2.64 bits per heavy atom. The van der Waals surface area contributed by atoms with E-state index < -0.39 is 0 Å². The number of carbonyl (C=O) groups is 2. The van der Waals surface area contributed by atoms with Gasteiger partial charge in [0.05, 0.1) is 5.56 Å². The van der Waals surface area contributed by atoms with Crippen LogP contribution in [0.2, 0.25) is 0 Å². The Morgan fingerprint density at radius 1 is 1.00 bits per heavy atom. The second kappa shape index (κ2) is 6.49. The zero-order valence-electron chi connectivity index (χ0n) is 14.8. The molecule has 1 aromatic heterocycles. The van der Waals surface area contributed by atoms with Gasteiger partial charge in [-0.1, -0.05) is 52.3 Å². The molecule has 0 aliphatic carbocycles. The lowest BCUT2D eigenvalue weighted by Gasteiger charge is -2.22.